The first-order valence-corrected chi connectivity index (χ1v) is 5.17. The maximum atomic E-state index is 13.5. The SMILES string of the molecule is Cc1ccc(F)c(Cn2ncc(Cl)c2N)c1. The Morgan fingerprint density at radius 3 is 2.88 bits per heavy atom. The first-order valence-electron chi connectivity index (χ1n) is 4.79. The molecule has 0 fully saturated rings. The van der Waals surface area contributed by atoms with Gasteiger partial charge in [-0.1, -0.05) is 29.3 Å². The van der Waals surface area contributed by atoms with Gasteiger partial charge in [-0.2, -0.15) is 5.10 Å². The van der Waals surface area contributed by atoms with Gasteiger partial charge in [0.25, 0.3) is 0 Å². The van der Waals surface area contributed by atoms with Crippen LogP contribution in [0.1, 0.15) is 11.1 Å². The van der Waals surface area contributed by atoms with E-state index in [1.807, 2.05) is 6.92 Å². The summed E-state index contributed by atoms with van der Waals surface area (Å²) in [5.41, 5.74) is 7.23. The van der Waals surface area contributed by atoms with Gasteiger partial charge in [0.15, 0.2) is 0 Å². The molecular weight excluding hydrogens is 229 g/mol. The Hall–Kier alpha value is -1.55. The number of nitrogen functional groups attached to an aromatic ring is 1. The molecule has 16 heavy (non-hydrogen) atoms. The number of halogens is 2. The monoisotopic (exact) mass is 239 g/mol. The molecule has 0 aliphatic carbocycles. The van der Waals surface area contributed by atoms with Gasteiger partial charge in [-0.25, -0.2) is 9.07 Å². The van der Waals surface area contributed by atoms with Crippen LogP contribution in [-0.4, -0.2) is 9.78 Å². The van der Waals surface area contributed by atoms with Crippen LogP contribution < -0.4 is 5.73 Å². The van der Waals surface area contributed by atoms with Crippen molar-refractivity contribution in [2.45, 2.75) is 13.5 Å². The molecule has 0 saturated heterocycles. The van der Waals surface area contributed by atoms with E-state index in [-0.39, 0.29) is 12.4 Å². The molecular formula is C11H11ClFN3. The van der Waals surface area contributed by atoms with E-state index in [1.165, 1.54) is 16.9 Å². The summed E-state index contributed by atoms with van der Waals surface area (Å²) < 4.78 is 15.0. The standard InChI is InChI=1S/C11H11ClFN3/c1-7-2-3-10(13)8(4-7)6-16-11(14)9(12)5-15-16/h2-5H,6,14H2,1H3. The van der Waals surface area contributed by atoms with Gasteiger partial charge < -0.3 is 5.73 Å². The third-order valence-electron chi connectivity index (χ3n) is 2.35. The van der Waals surface area contributed by atoms with Gasteiger partial charge in [-0.15, -0.1) is 0 Å². The molecule has 0 amide bonds. The highest BCUT2D eigenvalue weighted by Crippen LogP contribution is 2.19. The lowest BCUT2D eigenvalue weighted by Crippen LogP contribution is -2.07. The predicted octanol–water partition coefficient (Wildman–Crippen LogP) is 2.61. The molecule has 2 N–H and O–H groups in total. The van der Waals surface area contributed by atoms with Gasteiger partial charge in [0.1, 0.15) is 16.7 Å². The summed E-state index contributed by atoms with van der Waals surface area (Å²) in [7, 11) is 0. The number of nitrogens with two attached hydrogens (primary N) is 1. The first kappa shape index (κ1) is 11.0. The number of nitrogens with zero attached hydrogens (tertiary/aromatic N) is 2. The summed E-state index contributed by atoms with van der Waals surface area (Å²) in [6.07, 6.45) is 1.45. The second-order valence-electron chi connectivity index (χ2n) is 3.63. The number of rotatable bonds is 2. The lowest BCUT2D eigenvalue weighted by Gasteiger charge is -2.06. The molecule has 2 rings (SSSR count). The normalized spacial score (nSPS) is 10.7. The zero-order valence-electron chi connectivity index (χ0n) is 8.74. The Morgan fingerprint density at radius 2 is 2.25 bits per heavy atom. The van der Waals surface area contributed by atoms with Crippen LogP contribution in [0.2, 0.25) is 5.02 Å². The van der Waals surface area contributed by atoms with Gasteiger partial charge in [0, 0.05) is 5.56 Å². The zero-order chi connectivity index (χ0) is 11.7. The van der Waals surface area contributed by atoms with Crippen molar-refractivity contribution in [3.05, 3.63) is 46.4 Å². The maximum Gasteiger partial charge on any atom is 0.140 e. The van der Waals surface area contributed by atoms with Gasteiger partial charge in [-0.3, -0.25) is 0 Å². The number of anilines is 1. The Bertz CT molecular complexity index is 522. The van der Waals surface area contributed by atoms with Crippen molar-refractivity contribution in [2.24, 2.45) is 0 Å². The fourth-order valence-electron chi connectivity index (χ4n) is 1.48. The molecule has 2 aromatic rings. The summed E-state index contributed by atoms with van der Waals surface area (Å²) in [5.74, 6) is 0.0826. The lowest BCUT2D eigenvalue weighted by molar-refractivity contribution is 0.587. The van der Waals surface area contributed by atoms with Crippen LogP contribution in [-0.2, 0) is 6.54 Å². The van der Waals surface area contributed by atoms with Gasteiger partial charge in [0.2, 0.25) is 0 Å². The fraction of sp³-hybridized carbons (Fsp3) is 0.182. The predicted molar refractivity (Wildman–Crippen MR) is 61.9 cm³/mol. The third kappa shape index (κ3) is 2.02. The summed E-state index contributed by atoms with van der Waals surface area (Å²) in [5, 5.41) is 4.36. The number of aryl methyl sites for hydroxylation is 1. The molecule has 1 heterocycles. The second kappa shape index (κ2) is 4.14. The van der Waals surface area contributed by atoms with Crippen molar-refractivity contribution in [1.82, 2.24) is 9.78 Å². The number of hydrogen-bond donors (Lipinski definition) is 1. The molecule has 0 unspecified atom stereocenters. The first-order chi connectivity index (χ1) is 7.58. The molecule has 5 heteroatoms. The highest BCUT2D eigenvalue weighted by molar-refractivity contribution is 6.32. The van der Waals surface area contributed by atoms with Crippen molar-refractivity contribution in [1.29, 1.82) is 0 Å². The van der Waals surface area contributed by atoms with Crippen molar-refractivity contribution in [3.8, 4) is 0 Å². The van der Waals surface area contributed by atoms with Crippen LogP contribution >= 0.6 is 11.6 Å². The molecule has 0 radical (unpaired) electrons. The average Bonchev–Trinajstić information content (AvgIpc) is 2.55. The van der Waals surface area contributed by atoms with Crippen LogP contribution in [0.3, 0.4) is 0 Å². The molecule has 0 bridgehead atoms. The van der Waals surface area contributed by atoms with Crippen LogP contribution in [0.4, 0.5) is 10.2 Å². The average molecular weight is 240 g/mol. The Balaban J connectivity index is 2.33. The van der Waals surface area contributed by atoms with Gasteiger partial charge >= 0.3 is 0 Å². The van der Waals surface area contributed by atoms with E-state index in [4.69, 9.17) is 17.3 Å². The number of hydrogen-bond acceptors (Lipinski definition) is 2. The quantitative estimate of drug-likeness (QED) is 0.876. The molecule has 0 spiro atoms. The highest BCUT2D eigenvalue weighted by atomic mass is 35.5. The van der Waals surface area contributed by atoms with E-state index in [0.717, 1.165) is 5.56 Å². The summed E-state index contributed by atoms with van der Waals surface area (Å²) >= 11 is 5.76. The van der Waals surface area contributed by atoms with E-state index in [0.29, 0.717) is 16.4 Å². The lowest BCUT2D eigenvalue weighted by atomic mass is 10.1. The molecule has 0 atom stereocenters. The molecule has 3 nitrogen and oxygen atoms in total. The Kier molecular flexibility index (Phi) is 2.83. The molecule has 1 aromatic heterocycles. The zero-order valence-corrected chi connectivity index (χ0v) is 9.50. The molecule has 1 aromatic carbocycles. The summed E-state index contributed by atoms with van der Waals surface area (Å²) in [4.78, 5) is 0. The number of aromatic nitrogens is 2. The summed E-state index contributed by atoms with van der Waals surface area (Å²) in [6, 6.07) is 4.93. The van der Waals surface area contributed by atoms with E-state index in [2.05, 4.69) is 5.10 Å². The third-order valence-corrected chi connectivity index (χ3v) is 2.65. The van der Waals surface area contributed by atoms with Crippen LogP contribution in [0.5, 0.6) is 0 Å². The Labute approximate surface area is 97.6 Å². The van der Waals surface area contributed by atoms with Crippen molar-refractivity contribution in [2.75, 3.05) is 5.73 Å². The van der Waals surface area contributed by atoms with Gasteiger partial charge in [0.05, 0.1) is 12.7 Å². The number of benzene rings is 1. The second-order valence-corrected chi connectivity index (χ2v) is 4.04. The Morgan fingerprint density at radius 1 is 1.50 bits per heavy atom. The minimum atomic E-state index is -0.267. The minimum Gasteiger partial charge on any atom is -0.383 e. The van der Waals surface area contributed by atoms with Crippen molar-refractivity contribution >= 4 is 17.4 Å². The molecule has 0 saturated carbocycles. The van der Waals surface area contributed by atoms with E-state index >= 15 is 0 Å². The van der Waals surface area contributed by atoms with E-state index in [9.17, 15) is 4.39 Å². The summed E-state index contributed by atoms with van der Waals surface area (Å²) in [6.45, 7) is 2.19. The molecule has 0 aliphatic heterocycles. The van der Waals surface area contributed by atoms with E-state index < -0.39 is 0 Å². The molecule has 0 aliphatic rings. The van der Waals surface area contributed by atoms with E-state index in [1.54, 1.807) is 12.1 Å². The minimum absolute atomic E-state index is 0.267. The topological polar surface area (TPSA) is 43.8 Å². The maximum absolute atomic E-state index is 13.5. The van der Waals surface area contributed by atoms with Crippen molar-refractivity contribution in [3.63, 3.8) is 0 Å². The largest absolute Gasteiger partial charge is 0.383 e. The fourth-order valence-corrected chi connectivity index (χ4v) is 1.63. The van der Waals surface area contributed by atoms with Crippen LogP contribution in [0, 0.1) is 12.7 Å². The molecule has 84 valence electrons. The van der Waals surface area contributed by atoms with Crippen LogP contribution in [0.15, 0.2) is 24.4 Å². The van der Waals surface area contributed by atoms with Crippen LogP contribution in [0.25, 0.3) is 0 Å². The smallest absolute Gasteiger partial charge is 0.140 e. The highest BCUT2D eigenvalue weighted by Gasteiger charge is 2.08. The van der Waals surface area contributed by atoms with Gasteiger partial charge in [-0.05, 0) is 13.0 Å². The van der Waals surface area contributed by atoms with Crippen molar-refractivity contribution < 1.29 is 4.39 Å².